The predicted octanol–water partition coefficient (Wildman–Crippen LogP) is 3.14. The van der Waals surface area contributed by atoms with Gasteiger partial charge in [-0.1, -0.05) is 0 Å². The van der Waals surface area contributed by atoms with Gasteiger partial charge in [0.2, 0.25) is 0 Å². The molecule has 0 aliphatic carbocycles. The number of rotatable bonds is 10. The van der Waals surface area contributed by atoms with E-state index >= 15 is 0 Å². The van der Waals surface area contributed by atoms with Crippen molar-refractivity contribution >= 4 is 8.80 Å². The largest absolute Gasteiger partial charge is 0.505 e. The molecule has 1 aromatic carbocycles. The molecule has 0 fully saturated rings. The smallest absolute Gasteiger partial charge is 0.496 e. The van der Waals surface area contributed by atoms with Crippen molar-refractivity contribution in [3.05, 3.63) is 23.3 Å². The SMILES string of the molecule is CCO[Si](Cc1c(OC)ccc(OC)c1C)(OCC)OCC. The van der Waals surface area contributed by atoms with Crippen LogP contribution in [0.5, 0.6) is 11.5 Å². The lowest BCUT2D eigenvalue weighted by atomic mass is 10.1. The van der Waals surface area contributed by atoms with E-state index in [1.54, 1.807) is 14.2 Å². The van der Waals surface area contributed by atoms with E-state index in [1.165, 1.54) is 0 Å². The Morgan fingerprint density at radius 3 is 1.68 bits per heavy atom. The van der Waals surface area contributed by atoms with E-state index < -0.39 is 8.80 Å². The first-order valence-corrected chi connectivity index (χ1v) is 9.62. The Labute approximate surface area is 134 Å². The summed E-state index contributed by atoms with van der Waals surface area (Å²) in [5, 5.41) is 0. The predicted molar refractivity (Wildman–Crippen MR) is 88.6 cm³/mol. The van der Waals surface area contributed by atoms with Crippen LogP contribution in [0.25, 0.3) is 0 Å². The van der Waals surface area contributed by atoms with Crippen LogP contribution < -0.4 is 9.47 Å². The third-order valence-electron chi connectivity index (χ3n) is 3.43. The molecule has 126 valence electrons. The molecule has 0 saturated carbocycles. The summed E-state index contributed by atoms with van der Waals surface area (Å²) in [6.45, 7) is 9.53. The van der Waals surface area contributed by atoms with E-state index in [2.05, 4.69) is 0 Å². The van der Waals surface area contributed by atoms with Gasteiger partial charge in [-0.2, -0.15) is 0 Å². The summed E-state index contributed by atoms with van der Waals surface area (Å²) in [5.41, 5.74) is 2.04. The van der Waals surface area contributed by atoms with Crippen molar-refractivity contribution in [1.29, 1.82) is 0 Å². The second-order valence-electron chi connectivity index (χ2n) is 4.73. The van der Waals surface area contributed by atoms with E-state index in [1.807, 2.05) is 39.8 Å². The fourth-order valence-corrected chi connectivity index (χ4v) is 5.24. The van der Waals surface area contributed by atoms with E-state index in [0.717, 1.165) is 22.6 Å². The van der Waals surface area contributed by atoms with Crippen LogP contribution in [0.15, 0.2) is 12.1 Å². The van der Waals surface area contributed by atoms with Crippen molar-refractivity contribution in [2.75, 3.05) is 34.0 Å². The summed E-state index contributed by atoms with van der Waals surface area (Å²) in [7, 11) is 0.540. The number of ether oxygens (including phenoxy) is 2. The number of hydrogen-bond acceptors (Lipinski definition) is 5. The van der Waals surface area contributed by atoms with E-state index in [-0.39, 0.29) is 0 Å². The molecular formula is C16H28O5Si. The third kappa shape index (κ3) is 4.46. The fraction of sp³-hybridized carbons (Fsp3) is 0.625. The zero-order valence-corrected chi connectivity index (χ0v) is 15.5. The van der Waals surface area contributed by atoms with Crippen LogP contribution in [0.3, 0.4) is 0 Å². The lowest BCUT2D eigenvalue weighted by Crippen LogP contribution is -2.48. The summed E-state index contributed by atoms with van der Waals surface area (Å²) in [6, 6.07) is 4.38. The highest BCUT2D eigenvalue weighted by Crippen LogP contribution is 2.33. The molecular weight excluding hydrogens is 300 g/mol. The standard InChI is InChI=1S/C16H28O5Si/c1-7-19-22(20-8-2,21-9-3)12-14-13(4)15(17-5)10-11-16(14)18-6/h10-11H,7-9,12H2,1-6H3. The highest BCUT2D eigenvalue weighted by Gasteiger charge is 2.42. The second kappa shape index (κ2) is 9.15. The summed E-state index contributed by atoms with van der Waals surface area (Å²) >= 11 is 0. The normalized spacial score (nSPS) is 11.5. The van der Waals surface area contributed by atoms with Gasteiger partial charge in [0.05, 0.1) is 14.2 Å². The highest BCUT2D eigenvalue weighted by molar-refractivity contribution is 6.60. The molecule has 22 heavy (non-hydrogen) atoms. The minimum absolute atomic E-state index is 0.553. The molecule has 6 heteroatoms. The summed E-state index contributed by atoms with van der Waals surface area (Å²) in [4.78, 5) is 0. The van der Waals surface area contributed by atoms with Crippen molar-refractivity contribution < 1.29 is 22.8 Å². The van der Waals surface area contributed by atoms with Gasteiger partial charge in [0.1, 0.15) is 11.5 Å². The molecule has 0 heterocycles. The van der Waals surface area contributed by atoms with E-state index in [9.17, 15) is 0 Å². The molecule has 0 aromatic heterocycles. The van der Waals surface area contributed by atoms with Crippen LogP contribution in [-0.4, -0.2) is 42.8 Å². The maximum Gasteiger partial charge on any atom is 0.505 e. The van der Waals surface area contributed by atoms with Crippen molar-refractivity contribution in [3.8, 4) is 11.5 Å². The first-order valence-electron chi connectivity index (χ1n) is 7.69. The molecule has 1 aromatic rings. The molecule has 0 saturated heterocycles. The Balaban J connectivity index is 3.25. The van der Waals surface area contributed by atoms with Crippen LogP contribution in [0.1, 0.15) is 31.9 Å². The van der Waals surface area contributed by atoms with Crippen molar-refractivity contribution in [1.82, 2.24) is 0 Å². The van der Waals surface area contributed by atoms with Gasteiger partial charge in [-0.05, 0) is 45.4 Å². The van der Waals surface area contributed by atoms with Gasteiger partial charge in [0.25, 0.3) is 0 Å². The molecule has 0 atom stereocenters. The maximum absolute atomic E-state index is 5.94. The van der Waals surface area contributed by atoms with Gasteiger partial charge in [0.15, 0.2) is 0 Å². The molecule has 0 aliphatic rings. The zero-order valence-electron chi connectivity index (χ0n) is 14.5. The summed E-state index contributed by atoms with van der Waals surface area (Å²) < 4.78 is 28.7. The zero-order chi connectivity index (χ0) is 16.6. The Kier molecular flexibility index (Phi) is 7.88. The van der Waals surface area contributed by atoms with Crippen LogP contribution >= 0.6 is 0 Å². The molecule has 0 aliphatic heterocycles. The highest BCUT2D eigenvalue weighted by atomic mass is 28.4. The minimum Gasteiger partial charge on any atom is -0.496 e. The van der Waals surface area contributed by atoms with Crippen LogP contribution in [0, 0.1) is 6.92 Å². The molecule has 0 bridgehead atoms. The summed E-state index contributed by atoms with van der Waals surface area (Å²) in [6.07, 6.45) is 0. The summed E-state index contributed by atoms with van der Waals surface area (Å²) in [5.74, 6) is 1.62. The van der Waals surface area contributed by atoms with Gasteiger partial charge in [0, 0.05) is 31.4 Å². The molecule has 0 radical (unpaired) electrons. The Bertz CT molecular complexity index is 447. The first-order chi connectivity index (χ1) is 10.6. The molecule has 0 unspecified atom stereocenters. The molecule has 5 nitrogen and oxygen atoms in total. The van der Waals surface area contributed by atoms with Gasteiger partial charge in [-0.15, -0.1) is 0 Å². The van der Waals surface area contributed by atoms with Crippen LogP contribution in [0.4, 0.5) is 0 Å². The van der Waals surface area contributed by atoms with Gasteiger partial charge >= 0.3 is 8.80 Å². The lowest BCUT2D eigenvalue weighted by molar-refractivity contribution is 0.0701. The molecule has 0 N–H and O–H groups in total. The van der Waals surface area contributed by atoms with Crippen molar-refractivity contribution in [2.45, 2.75) is 33.7 Å². The monoisotopic (exact) mass is 328 g/mol. The quantitative estimate of drug-likeness (QED) is 0.618. The van der Waals surface area contributed by atoms with E-state index in [4.69, 9.17) is 22.8 Å². The number of benzene rings is 1. The fourth-order valence-electron chi connectivity index (χ4n) is 2.50. The van der Waals surface area contributed by atoms with Crippen molar-refractivity contribution in [3.63, 3.8) is 0 Å². The Morgan fingerprint density at radius 1 is 0.818 bits per heavy atom. The average Bonchev–Trinajstić information content (AvgIpc) is 2.50. The van der Waals surface area contributed by atoms with Gasteiger partial charge in [-0.25, -0.2) is 0 Å². The average molecular weight is 328 g/mol. The third-order valence-corrected chi connectivity index (χ3v) is 6.40. The maximum atomic E-state index is 5.94. The van der Waals surface area contributed by atoms with Crippen LogP contribution in [0.2, 0.25) is 0 Å². The first kappa shape index (κ1) is 19.0. The Morgan fingerprint density at radius 2 is 1.27 bits per heavy atom. The number of hydrogen-bond donors (Lipinski definition) is 0. The minimum atomic E-state index is -2.79. The van der Waals surface area contributed by atoms with Gasteiger partial charge in [-0.3, -0.25) is 0 Å². The topological polar surface area (TPSA) is 46.2 Å². The van der Waals surface area contributed by atoms with Crippen LogP contribution in [-0.2, 0) is 19.3 Å². The van der Waals surface area contributed by atoms with Crippen molar-refractivity contribution in [2.24, 2.45) is 0 Å². The molecule has 1 rings (SSSR count). The van der Waals surface area contributed by atoms with E-state index in [0.29, 0.717) is 25.9 Å². The van der Waals surface area contributed by atoms with Gasteiger partial charge < -0.3 is 22.8 Å². The molecule has 0 amide bonds. The second-order valence-corrected chi connectivity index (χ2v) is 7.32. The number of methoxy groups -OCH3 is 2. The molecule has 0 spiro atoms. The lowest BCUT2D eigenvalue weighted by Gasteiger charge is -2.29. The Hall–Kier alpha value is -1.08.